The molecule has 3 heterocycles. The Labute approximate surface area is 134 Å². The second-order valence-corrected chi connectivity index (χ2v) is 5.33. The van der Waals surface area contributed by atoms with E-state index in [9.17, 15) is 4.79 Å². The Hall–Kier alpha value is -3.01. The van der Waals surface area contributed by atoms with Crippen LogP contribution in [0.3, 0.4) is 0 Å². The van der Waals surface area contributed by atoms with Crippen molar-refractivity contribution >= 4 is 11.9 Å². The zero-order valence-electron chi connectivity index (χ0n) is 12.5. The van der Waals surface area contributed by atoms with Crippen LogP contribution in [0.2, 0.25) is 0 Å². The highest BCUT2D eigenvalue weighted by Gasteiger charge is 2.22. The maximum atomic E-state index is 12.1. The van der Waals surface area contributed by atoms with Crippen LogP contribution in [0.15, 0.2) is 36.8 Å². The molecule has 0 aromatic carbocycles. The van der Waals surface area contributed by atoms with Gasteiger partial charge < -0.3 is 10.2 Å². The number of nitrogens with zero attached hydrogens (tertiary/aromatic N) is 5. The zero-order valence-corrected chi connectivity index (χ0v) is 12.5. The molecule has 0 radical (unpaired) electrons. The molecule has 23 heavy (non-hydrogen) atoms. The number of carbonyl (C=O) groups is 1. The molecule has 1 N–H and O–H groups in total. The number of hydrogen-bond acceptors (Lipinski definition) is 6. The van der Waals surface area contributed by atoms with Crippen molar-refractivity contribution in [3.63, 3.8) is 0 Å². The van der Waals surface area contributed by atoms with Gasteiger partial charge in [-0.3, -0.25) is 9.78 Å². The van der Waals surface area contributed by atoms with E-state index in [-0.39, 0.29) is 11.9 Å². The molecule has 0 atom stereocenters. The van der Waals surface area contributed by atoms with E-state index in [0.29, 0.717) is 17.2 Å². The highest BCUT2D eigenvalue weighted by Crippen LogP contribution is 2.16. The fourth-order valence-corrected chi connectivity index (χ4v) is 2.55. The van der Waals surface area contributed by atoms with Crippen molar-refractivity contribution in [1.29, 1.82) is 5.26 Å². The van der Waals surface area contributed by atoms with Gasteiger partial charge in [-0.05, 0) is 31.0 Å². The Morgan fingerprint density at radius 2 is 2.13 bits per heavy atom. The number of amides is 1. The van der Waals surface area contributed by atoms with E-state index in [0.717, 1.165) is 25.9 Å². The summed E-state index contributed by atoms with van der Waals surface area (Å²) in [5.74, 6) is 0.473. The molecule has 0 spiro atoms. The van der Waals surface area contributed by atoms with Gasteiger partial charge in [0.25, 0.3) is 5.91 Å². The van der Waals surface area contributed by atoms with Gasteiger partial charge in [-0.1, -0.05) is 0 Å². The fourth-order valence-electron chi connectivity index (χ4n) is 2.55. The molecule has 1 aliphatic rings. The summed E-state index contributed by atoms with van der Waals surface area (Å²) in [6.45, 7) is 1.49. The standard InChI is InChI=1S/C16H16N6O/c17-10-14-3-7-19-16(21-14)22-8-4-13(5-9-22)20-15(23)12-2-1-6-18-11-12/h1-3,6-7,11,13H,4-5,8-9H2,(H,20,23). The molecule has 1 aliphatic heterocycles. The third kappa shape index (κ3) is 3.61. The Bertz CT molecular complexity index is 719. The van der Waals surface area contributed by atoms with Gasteiger partial charge in [-0.2, -0.15) is 5.26 Å². The van der Waals surface area contributed by atoms with Crippen LogP contribution >= 0.6 is 0 Å². The molecule has 7 heteroatoms. The molecule has 1 amide bonds. The normalized spacial score (nSPS) is 15.0. The fraction of sp³-hybridized carbons (Fsp3) is 0.312. The number of hydrogen-bond donors (Lipinski definition) is 1. The molecule has 0 unspecified atom stereocenters. The number of anilines is 1. The van der Waals surface area contributed by atoms with Crippen LogP contribution < -0.4 is 10.2 Å². The number of nitriles is 1. The third-order valence-electron chi connectivity index (χ3n) is 3.79. The van der Waals surface area contributed by atoms with Gasteiger partial charge in [0.2, 0.25) is 5.95 Å². The molecule has 2 aromatic rings. The van der Waals surface area contributed by atoms with E-state index >= 15 is 0 Å². The lowest BCUT2D eigenvalue weighted by atomic mass is 10.0. The second kappa shape index (κ2) is 6.83. The first-order valence-corrected chi connectivity index (χ1v) is 7.45. The maximum Gasteiger partial charge on any atom is 0.253 e. The number of aromatic nitrogens is 3. The van der Waals surface area contributed by atoms with Crippen LogP contribution in [0.4, 0.5) is 5.95 Å². The highest BCUT2D eigenvalue weighted by atomic mass is 16.1. The monoisotopic (exact) mass is 308 g/mol. The van der Waals surface area contributed by atoms with Crippen molar-refractivity contribution in [2.75, 3.05) is 18.0 Å². The summed E-state index contributed by atoms with van der Waals surface area (Å²) in [6.07, 6.45) is 6.42. The van der Waals surface area contributed by atoms with Crippen LogP contribution in [0.5, 0.6) is 0 Å². The summed E-state index contributed by atoms with van der Waals surface area (Å²) in [5.41, 5.74) is 0.932. The van der Waals surface area contributed by atoms with Crippen LogP contribution in [0.25, 0.3) is 0 Å². The van der Waals surface area contributed by atoms with Gasteiger partial charge in [0.15, 0.2) is 0 Å². The molecule has 116 valence electrons. The number of rotatable bonds is 3. The minimum absolute atomic E-state index is 0.0979. The lowest BCUT2D eigenvalue weighted by Gasteiger charge is -2.32. The minimum Gasteiger partial charge on any atom is -0.349 e. The van der Waals surface area contributed by atoms with Gasteiger partial charge in [-0.15, -0.1) is 0 Å². The van der Waals surface area contributed by atoms with Gasteiger partial charge in [0.1, 0.15) is 11.8 Å². The summed E-state index contributed by atoms with van der Waals surface area (Å²) in [7, 11) is 0. The molecule has 7 nitrogen and oxygen atoms in total. The topological polar surface area (TPSA) is 94.8 Å². The average molecular weight is 308 g/mol. The third-order valence-corrected chi connectivity index (χ3v) is 3.79. The van der Waals surface area contributed by atoms with Crippen molar-refractivity contribution in [2.45, 2.75) is 18.9 Å². The summed E-state index contributed by atoms with van der Waals surface area (Å²) in [5, 5.41) is 11.9. The number of carbonyl (C=O) groups excluding carboxylic acids is 1. The molecule has 0 aliphatic carbocycles. The van der Waals surface area contributed by atoms with Crippen molar-refractivity contribution in [2.24, 2.45) is 0 Å². The van der Waals surface area contributed by atoms with E-state index in [2.05, 4.69) is 20.3 Å². The Kier molecular flexibility index (Phi) is 4.43. The largest absolute Gasteiger partial charge is 0.349 e. The molecule has 2 aromatic heterocycles. The lowest BCUT2D eigenvalue weighted by Crippen LogP contribution is -2.45. The minimum atomic E-state index is -0.0979. The summed E-state index contributed by atoms with van der Waals surface area (Å²) >= 11 is 0. The molecule has 3 rings (SSSR count). The molecular formula is C16H16N6O. The van der Waals surface area contributed by atoms with Gasteiger partial charge in [0, 0.05) is 37.7 Å². The van der Waals surface area contributed by atoms with E-state index in [1.165, 1.54) is 0 Å². The van der Waals surface area contributed by atoms with Gasteiger partial charge in [-0.25, -0.2) is 9.97 Å². The maximum absolute atomic E-state index is 12.1. The van der Waals surface area contributed by atoms with Crippen molar-refractivity contribution in [1.82, 2.24) is 20.3 Å². The van der Waals surface area contributed by atoms with E-state index in [1.807, 2.05) is 11.0 Å². The lowest BCUT2D eigenvalue weighted by molar-refractivity contribution is 0.0930. The van der Waals surface area contributed by atoms with Crippen molar-refractivity contribution in [3.05, 3.63) is 48.0 Å². The van der Waals surface area contributed by atoms with E-state index in [1.54, 1.807) is 36.8 Å². The predicted octanol–water partition coefficient (Wildman–Crippen LogP) is 1.14. The highest BCUT2D eigenvalue weighted by molar-refractivity contribution is 5.94. The number of nitrogens with one attached hydrogen (secondary N) is 1. The first kappa shape index (κ1) is 14.9. The summed E-state index contributed by atoms with van der Waals surface area (Å²) in [4.78, 5) is 26.5. The van der Waals surface area contributed by atoms with Crippen molar-refractivity contribution in [3.8, 4) is 6.07 Å². The number of pyridine rings is 1. The second-order valence-electron chi connectivity index (χ2n) is 5.33. The molecule has 1 fully saturated rings. The Balaban J connectivity index is 1.56. The van der Waals surface area contributed by atoms with E-state index < -0.39 is 0 Å². The SMILES string of the molecule is N#Cc1ccnc(N2CCC(NC(=O)c3cccnc3)CC2)n1. The zero-order chi connectivity index (χ0) is 16.1. The molecule has 0 saturated carbocycles. The molecule has 0 bridgehead atoms. The van der Waals surface area contributed by atoms with Crippen LogP contribution in [-0.4, -0.2) is 40.0 Å². The van der Waals surface area contributed by atoms with Crippen LogP contribution in [0, 0.1) is 11.3 Å². The Morgan fingerprint density at radius 1 is 1.30 bits per heavy atom. The first-order chi connectivity index (χ1) is 11.3. The van der Waals surface area contributed by atoms with Gasteiger partial charge in [0.05, 0.1) is 5.56 Å². The number of piperidine rings is 1. The smallest absolute Gasteiger partial charge is 0.253 e. The quantitative estimate of drug-likeness (QED) is 0.913. The van der Waals surface area contributed by atoms with Crippen LogP contribution in [-0.2, 0) is 0 Å². The molecular weight excluding hydrogens is 292 g/mol. The van der Waals surface area contributed by atoms with Crippen molar-refractivity contribution < 1.29 is 4.79 Å². The molecule has 1 saturated heterocycles. The summed E-state index contributed by atoms with van der Waals surface area (Å²) < 4.78 is 0. The first-order valence-electron chi connectivity index (χ1n) is 7.45. The van der Waals surface area contributed by atoms with Crippen LogP contribution in [0.1, 0.15) is 28.9 Å². The average Bonchev–Trinajstić information content (AvgIpc) is 2.63. The Morgan fingerprint density at radius 3 is 2.83 bits per heavy atom. The van der Waals surface area contributed by atoms with Gasteiger partial charge >= 0.3 is 0 Å². The summed E-state index contributed by atoms with van der Waals surface area (Å²) in [6, 6.07) is 7.23. The van der Waals surface area contributed by atoms with E-state index in [4.69, 9.17) is 5.26 Å². The predicted molar refractivity (Wildman–Crippen MR) is 83.7 cm³/mol.